The number of hydrogen-bond donors (Lipinski definition) is 1. The summed E-state index contributed by atoms with van der Waals surface area (Å²) < 4.78 is 12.4. The van der Waals surface area contributed by atoms with Gasteiger partial charge in [-0.05, 0) is 50.1 Å². The van der Waals surface area contributed by atoms with E-state index in [1.165, 1.54) is 0 Å². The van der Waals surface area contributed by atoms with Crippen molar-refractivity contribution in [1.29, 1.82) is 0 Å². The fourth-order valence-corrected chi connectivity index (χ4v) is 2.70. The summed E-state index contributed by atoms with van der Waals surface area (Å²) >= 11 is 6.82. The number of benzene rings is 1. The average molecular weight is 372 g/mol. The molecule has 92 valence electrons. The van der Waals surface area contributed by atoms with Crippen LogP contribution in [0.25, 0.3) is 0 Å². The Bertz CT molecular complexity index is 605. The minimum atomic E-state index is 0.277. The monoisotopic (exact) mass is 370 g/mol. The Hall–Kier alpha value is -1.27. The van der Waals surface area contributed by atoms with E-state index in [2.05, 4.69) is 42.2 Å². The number of ether oxygens (including phenoxy) is 2. The van der Waals surface area contributed by atoms with Crippen LogP contribution in [-0.2, 0) is 0 Å². The van der Waals surface area contributed by atoms with Crippen molar-refractivity contribution in [1.82, 2.24) is 4.98 Å². The first-order chi connectivity index (χ1) is 8.72. The van der Waals surface area contributed by atoms with E-state index in [4.69, 9.17) is 9.47 Å². The Morgan fingerprint density at radius 3 is 2.78 bits per heavy atom. The lowest BCUT2D eigenvalue weighted by atomic mass is 10.3. The van der Waals surface area contributed by atoms with E-state index in [0.29, 0.717) is 0 Å². The Morgan fingerprint density at radius 1 is 1.11 bits per heavy atom. The molecule has 1 aromatic carbocycles. The molecule has 1 aliphatic rings. The molecular formula is C12H8Br2N2O2. The van der Waals surface area contributed by atoms with Crippen LogP contribution >= 0.6 is 31.9 Å². The Morgan fingerprint density at radius 2 is 1.94 bits per heavy atom. The molecule has 2 aromatic rings. The van der Waals surface area contributed by atoms with Gasteiger partial charge in [0.25, 0.3) is 0 Å². The van der Waals surface area contributed by atoms with Crippen LogP contribution in [0.4, 0.5) is 11.5 Å². The molecule has 0 bridgehead atoms. The van der Waals surface area contributed by atoms with Gasteiger partial charge in [-0.25, -0.2) is 4.98 Å². The number of rotatable bonds is 2. The fourth-order valence-electron chi connectivity index (χ4n) is 1.62. The van der Waals surface area contributed by atoms with E-state index >= 15 is 0 Å². The highest BCUT2D eigenvalue weighted by molar-refractivity contribution is 9.11. The molecule has 0 unspecified atom stereocenters. The third-order valence-corrected chi connectivity index (χ3v) is 3.48. The third kappa shape index (κ3) is 2.30. The smallest absolute Gasteiger partial charge is 0.231 e. The van der Waals surface area contributed by atoms with Gasteiger partial charge < -0.3 is 14.8 Å². The summed E-state index contributed by atoms with van der Waals surface area (Å²) in [6.07, 6.45) is 1.74. The number of nitrogens with one attached hydrogen (secondary N) is 1. The number of fused-ring (bicyclic) bond motifs is 1. The Labute approximate surface area is 121 Å². The zero-order valence-corrected chi connectivity index (χ0v) is 12.3. The first kappa shape index (κ1) is 11.8. The quantitative estimate of drug-likeness (QED) is 0.863. The lowest BCUT2D eigenvalue weighted by Gasteiger charge is -2.08. The van der Waals surface area contributed by atoms with Gasteiger partial charge in [0.1, 0.15) is 5.82 Å². The molecule has 0 radical (unpaired) electrons. The molecule has 0 amide bonds. The van der Waals surface area contributed by atoms with Gasteiger partial charge in [0.15, 0.2) is 11.5 Å². The largest absolute Gasteiger partial charge is 0.454 e. The maximum absolute atomic E-state index is 5.32. The van der Waals surface area contributed by atoms with Crippen molar-refractivity contribution in [3.63, 3.8) is 0 Å². The van der Waals surface area contributed by atoms with Crippen molar-refractivity contribution in [3.05, 3.63) is 39.4 Å². The van der Waals surface area contributed by atoms with Gasteiger partial charge in [-0.1, -0.05) is 0 Å². The lowest BCUT2D eigenvalue weighted by molar-refractivity contribution is 0.174. The Balaban J connectivity index is 1.88. The van der Waals surface area contributed by atoms with Crippen LogP contribution in [-0.4, -0.2) is 11.8 Å². The fraction of sp³-hybridized carbons (Fsp3) is 0.0833. The summed E-state index contributed by atoms with van der Waals surface area (Å²) in [7, 11) is 0. The maximum atomic E-state index is 5.32. The predicted molar refractivity (Wildman–Crippen MR) is 75.5 cm³/mol. The van der Waals surface area contributed by atoms with E-state index in [-0.39, 0.29) is 6.79 Å². The molecule has 1 aromatic heterocycles. The summed E-state index contributed by atoms with van der Waals surface area (Å²) in [6, 6.07) is 7.61. The van der Waals surface area contributed by atoms with Gasteiger partial charge in [0.05, 0.1) is 4.47 Å². The number of halogens is 2. The van der Waals surface area contributed by atoms with E-state index in [1.54, 1.807) is 6.20 Å². The molecule has 0 aliphatic carbocycles. The van der Waals surface area contributed by atoms with Crippen molar-refractivity contribution < 1.29 is 9.47 Å². The Kier molecular flexibility index (Phi) is 3.13. The highest BCUT2D eigenvalue weighted by Gasteiger charge is 2.13. The molecule has 6 heteroatoms. The standard InChI is InChI=1S/C12H8Br2N2O2/c13-7-3-9(14)12(15-5-7)16-8-1-2-10-11(4-8)18-6-17-10/h1-5H,6H2,(H,15,16). The van der Waals surface area contributed by atoms with Gasteiger partial charge in [-0.2, -0.15) is 0 Å². The van der Waals surface area contributed by atoms with Crippen LogP contribution in [0.3, 0.4) is 0 Å². The van der Waals surface area contributed by atoms with Gasteiger partial charge in [0, 0.05) is 22.4 Å². The summed E-state index contributed by atoms with van der Waals surface area (Å²) in [6.45, 7) is 0.277. The second-order valence-electron chi connectivity index (χ2n) is 3.68. The van der Waals surface area contributed by atoms with E-state index in [1.807, 2.05) is 24.3 Å². The molecular weight excluding hydrogens is 364 g/mol. The van der Waals surface area contributed by atoms with Crippen LogP contribution in [0.5, 0.6) is 11.5 Å². The van der Waals surface area contributed by atoms with Crippen LogP contribution < -0.4 is 14.8 Å². The molecule has 0 spiro atoms. The molecule has 4 nitrogen and oxygen atoms in total. The number of pyridine rings is 1. The molecule has 0 saturated heterocycles. The lowest BCUT2D eigenvalue weighted by Crippen LogP contribution is -1.94. The second kappa shape index (κ2) is 4.78. The van der Waals surface area contributed by atoms with E-state index in [0.717, 1.165) is 31.9 Å². The minimum absolute atomic E-state index is 0.277. The summed E-state index contributed by atoms with van der Waals surface area (Å²) in [4.78, 5) is 4.29. The summed E-state index contributed by atoms with van der Waals surface area (Å²) in [5.41, 5.74) is 0.898. The van der Waals surface area contributed by atoms with Gasteiger partial charge in [0.2, 0.25) is 6.79 Å². The van der Waals surface area contributed by atoms with E-state index < -0.39 is 0 Å². The van der Waals surface area contributed by atoms with Crippen molar-refractivity contribution >= 4 is 43.4 Å². The second-order valence-corrected chi connectivity index (χ2v) is 5.45. The third-order valence-electron chi connectivity index (χ3n) is 2.44. The number of aromatic nitrogens is 1. The maximum Gasteiger partial charge on any atom is 0.231 e. The summed E-state index contributed by atoms with van der Waals surface area (Å²) in [5, 5.41) is 3.21. The highest BCUT2D eigenvalue weighted by Crippen LogP contribution is 2.35. The molecule has 0 fully saturated rings. The SMILES string of the molecule is Brc1cnc(Nc2ccc3c(c2)OCO3)c(Br)c1. The number of anilines is 2. The molecule has 18 heavy (non-hydrogen) atoms. The minimum Gasteiger partial charge on any atom is -0.454 e. The highest BCUT2D eigenvalue weighted by atomic mass is 79.9. The van der Waals surface area contributed by atoms with Gasteiger partial charge in [-0.3, -0.25) is 0 Å². The van der Waals surface area contributed by atoms with Gasteiger partial charge in [-0.15, -0.1) is 0 Å². The van der Waals surface area contributed by atoms with E-state index in [9.17, 15) is 0 Å². The first-order valence-corrected chi connectivity index (χ1v) is 6.79. The molecule has 1 N–H and O–H groups in total. The first-order valence-electron chi connectivity index (χ1n) is 5.20. The van der Waals surface area contributed by atoms with Crippen molar-refractivity contribution in [3.8, 4) is 11.5 Å². The van der Waals surface area contributed by atoms with Crippen molar-refractivity contribution in [2.75, 3.05) is 12.1 Å². The summed E-state index contributed by atoms with van der Waals surface area (Å²) in [5.74, 6) is 2.26. The molecule has 0 saturated carbocycles. The molecule has 3 rings (SSSR count). The van der Waals surface area contributed by atoms with Gasteiger partial charge >= 0.3 is 0 Å². The average Bonchev–Trinajstić information content (AvgIpc) is 2.80. The van der Waals surface area contributed by atoms with Crippen LogP contribution in [0.1, 0.15) is 0 Å². The number of hydrogen-bond acceptors (Lipinski definition) is 4. The van der Waals surface area contributed by atoms with Crippen molar-refractivity contribution in [2.45, 2.75) is 0 Å². The van der Waals surface area contributed by atoms with Crippen LogP contribution in [0.15, 0.2) is 39.4 Å². The predicted octanol–water partition coefficient (Wildman–Crippen LogP) is 4.08. The molecule has 2 heterocycles. The molecule has 1 aliphatic heterocycles. The zero-order valence-electron chi connectivity index (χ0n) is 9.11. The number of nitrogens with zero attached hydrogens (tertiary/aromatic N) is 1. The normalized spacial score (nSPS) is 12.6. The van der Waals surface area contributed by atoms with Crippen LogP contribution in [0, 0.1) is 0 Å². The molecule has 0 atom stereocenters. The zero-order chi connectivity index (χ0) is 12.5. The topological polar surface area (TPSA) is 43.4 Å². The van der Waals surface area contributed by atoms with Crippen molar-refractivity contribution in [2.24, 2.45) is 0 Å². The van der Waals surface area contributed by atoms with Crippen LogP contribution in [0.2, 0.25) is 0 Å².